The van der Waals surface area contributed by atoms with Crippen LogP contribution in [0.4, 0.5) is 0 Å². The molecule has 5 rings (SSSR count). The highest BCUT2D eigenvalue weighted by molar-refractivity contribution is 7.90. The molecule has 0 radical (unpaired) electrons. The van der Waals surface area contributed by atoms with Crippen molar-refractivity contribution < 1.29 is 17.9 Å². The molecule has 1 unspecified atom stereocenters. The molecule has 0 saturated carbocycles. The summed E-state index contributed by atoms with van der Waals surface area (Å²) in [6.45, 7) is 1.83. The van der Waals surface area contributed by atoms with Crippen molar-refractivity contribution in [2.75, 3.05) is 26.5 Å². The highest BCUT2D eigenvalue weighted by Gasteiger charge is 2.14. The molecule has 1 atom stereocenters. The Labute approximate surface area is 225 Å². The first-order valence-electron chi connectivity index (χ1n) is 13.3. The van der Waals surface area contributed by atoms with E-state index in [0.29, 0.717) is 10.9 Å². The van der Waals surface area contributed by atoms with Crippen molar-refractivity contribution in [1.82, 2.24) is 5.32 Å². The second-order valence-corrected chi connectivity index (χ2v) is 12.1. The molecule has 0 aromatic heterocycles. The molecule has 6 heteroatoms. The van der Waals surface area contributed by atoms with Crippen LogP contribution in [-0.2, 0) is 16.3 Å². The lowest BCUT2D eigenvalue weighted by Gasteiger charge is -2.23. The first-order chi connectivity index (χ1) is 18.4. The summed E-state index contributed by atoms with van der Waals surface area (Å²) in [5, 5.41) is 5.83. The molecule has 5 nitrogen and oxygen atoms in total. The minimum Gasteiger partial charge on any atom is -0.497 e. The van der Waals surface area contributed by atoms with Crippen LogP contribution in [0.5, 0.6) is 11.5 Å². The maximum absolute atomic E-state index is 12.0. The van der Waals surface area contributed by atoms with Crippen molar-refractivity contribution >= 4 is 20.6 Å². The van der Waals surface area contributed by atoms with Gasteiger partial charge in [0.1, 0.15) is 11.5 Å². The number of sulfone groups is 1. The first-order valence-corrected chi connectivity index (χ1v) is 15.1. The van der Waals surface area contributed by atoms with Crippen LogP contribution in [0.15, 0.2) is 83.8 Å². The minimum absolute atomic E-state index is 0.322. The zero-order chi connectivity index (χ0) is 26.5. The average molecular weight is 530 g/mol. The van der Waals surface area contributed by atoms with Crippen molar-refractivity contribution in [3.05, 3.63) is 90.0 Å². The highest BCUT2D eigenvalue weighted by Crippen LogP contribution is 2.34. The molecule has 0 spiro atoms. The smallest absolute Gasteiger partial charge is 0.175 e. The highest BCUT2D eigenvalue weighted by atomic mass is 32.2. The standard InChI is InChI=1S/C32H35NO4S/c1-36-28-13-17-31-25(22-28)10-16-30(24-8-14-29(15-9-24)38(2,34)35)32(31)21-23-6-11-27(12-7-23)37-20-18-26-5-3-4-19-33-26/h6-17,22,26,33H,3-5,18-21H2,1-2H3. The Bertz CT molecular complexity index is 1490. The summed E-state index contributed by atoms with van der Waals surface area (Å²) < 4.78 is 35.4. The third-order valence-corrected chi connectivity index (χ3v) is 8.51. The Hall–Kier alpha value is -3.35. The van der Waals surface area contributed by atoms with E-state index >= 15 is 0 Å². The Balaban J connectivity index is 1.40. The zero-order valence-electron chi connectivity index (χ0n) is 22.1. The van der Waals surface area contributed by atoms with Gasteiger partial charge < -0.3 is 14.8 Å². The number of rotatable bonds is 9. The number of hydrogen-bond donors (Lipinski definition) is 1. The monoisotopic (exact) mass is 529 g/mol. The van der Waals surface area contributed by atoms with Gasteiger partial charge in [-0.15, -0.1) is 0 Å². The van der Waals surface area contributed by atoms with Gasteiger partial charge in [0.25, 0.3) is 0 Å². The van der Waals surface area contributed by atoms with E-state index in [0.717, 1.165) is 59.4 Å². The largest absolute Gasteiger partial charge is 0.497 e. The molecule has 1 aliphatic heterocycles. The Morgan fingerprint density at radius 2 is 1.66 bits per heavy atom. The Kier molecular flexibility index (Phi) is 8.01. The molecule has 1 heterocycles. The SMILES string of the molecule is COc1ccc2c(Cc3ccc(OCCC4CCCCN4)cc3)c(-c3ccc(S(C)(=O)=O)cc3)ccc2c1. The number of fused-ring (bicyclic) bond motifs is 1. The molecule has 1 fully saturated rings. The third kappa shape index (κ3) is 6.20. The second kappa shape index (κ2) is 11.6. The van der Waals surface area contributed by atoms with E-state index < -0.39 is 9.84 Å². The Morgan fingerprint density at radius 1 is 0.895 bits per heavy atom. The predicted octanol–water partition coefficient (Wildman–Crippen LogP) is 6.42. The van der Waals surface area contributed by atoms with Crippen LogP contribution >= 0.6 is 0 Å². The molecule has 0 aliphatic carbocycles. The second-order valence-electron chi connectivity index (χ2n) is 10.1. The van der Waals surface area contributed by atoms with Gasteiger partial charge in [0, 0.05) is 12.3 Å². The summed E-state index contributed by atoms with van der Waals surface area (Å²) in [4.78, 5) is 0.322. The van der Waals surface area contributed by atoms with Crippen molar-refractivity contribution in [3.8, 4) is 22.6 Å². The quantitative estimate of drug-likeness (QED) is 0.271. The molecule has 4 aromatic rings. The van der Waals surface area contributed by atoms with Gasteiger partial charge in [-0.2, -0.15) is 0 Å². The fourth-order valence-corrected chi connectivity index (χ4v) is 5.87. The van der Waals surface area contributed by atoms with Crippen LogP contribution in [0.1, 0.15) is 36.8 Å². The number of benzene rings is 4. The molecular formula is C32H35NO4S. The van der Waals surface area contributed by atoms with Crippen LogP contribution in [0.2, 0.25) is 0 Å². The number of nitrogens with one attached hydrogen (secondary N) is 1. The number of ether oxygens (including phenoxy) is 2. The molecule has 0 amide bonds. The van der Waals surface area contributed by atoms with Gasteiger partial charge in [-0.25, -0.2) is 8.42 Å². The summed E-state index contributed by atoms with van der Waals surface area (Å²) in [6.07, 6.45) is 6.81. The lowest BCUT2D eigenvalue weighted by Crippen LogP contribution is -2.35. The number of methoxy groups -OCH3 is 1. The van der Waals surface area contributed by atoms with Crippen LogP contribution in [0.3, 0.4) is 0 Å². The van der Waals surface area contributed by atoms with E-state index in [1.165, 1.54) is 36.6 Å². The van der Waals surface area contributed by atoms with Crippen LogP contribution < -0.4 is 14.8 Å². The number of hydrogen-bond acceptors (Lipinski definition) is 5. The molecule has 1 saturated heterocycles. The van der Waals surface area contributed by atoms with Gasteiger partial charge in [0.05, 0.1) is 18.6 Å². The van der Waals surface area contributed by atoms with Gasteiger partial charge in [-0.3, -0.25) is 0 Å². The van der Waals surface area contributed by atoms with Crippen molar-refractivity contribution in [1.29, 1.82) is 0 Å². The van der Waals surface area contributed by atoms with E-state index in [1.54, 1.807) is 19.2 Å². The fraction of sp³-hybridized carbons (Fsp3) is 0.312. The lowest BCUT2D eigenvalue weighted by molar-refractivity contribution is 0.268. The van der Waals surface area contributed by atoms with E-state index in [9.17, 15) is 8.42 Å². The van der Waals surface area contributed by atoms with Crippen molar-refractivity contribution in [3.63, 3.8) is 0 Å². The Morgan fingerprint density at radius 3 is 2.34 bits per heavy atom. The summed E-state index contributed by atoms with van der Waals surface area (Å²) in [5.74, 6) is 1.71. The van der Waals surface area contributed by atoms with Crippen molar-refractivity contribution in [2.45, 2.75) is 43.0 Å². The van der Waals surface area contributed by atoms with Gasteiger partial charge in [-0.1, -0.05) is 48.9 Å². The predicted molar refractivity (Wildman–Crippen MR) is 154 cm³/mol. The lowest BCUT2D eigenvalue weighted by atomic mass is 9.90. The van der Waals surface area contributed by atoms with E-state index in [2.05, 4.69) is 47.8 Å². The third-order valence-electron chi connectivity index (χ3n) is 7.38. The molecule has 198 valence electrons. The molecule has 1 N–H and O–H groups in total. The average Bonchev–Trinajstić information content (AvgIpc) is 2.94. The van der Waals surface area contributed by atoms with Gasteiger partial charge in [0.15, 0.2) is 9.84 Å². The van der Waals surface area contributed by atoms with Crippen LogP contribution in [0, 0.1) is 0 Å². The van der Waals surface area contributed by atoms with E-state index in [-0.39, 0.29) is 0 Å². The normalized spacial score (nSPS) is 15.9. The topological polar surface area (TPSA) is 64.6 Å². The summed E-state index contributed by atoms with van der Waals surface area (Å²) in [5.41, 5.74) is 4.45. The molecular weight excluding hydrogens is 494 g/mol. The van der Waals surface area contributed by atoms with Crippen LogP contribution in [-0.4, -0.2) is 41.0 Å². The van der Waals surface area contributed by atoms with Gasteiger partial charge in [0.2, 0.25) is 0 Å². The van der Waals surface area contributed by atoms with Crippen molar-refractivity contribution in [2.24, 2.45) is 0 Å². The maximum atomic E-state index is 12.0. The first kappa shape index (κ1) is 26.3. The van der Waals surface area contributed by atoms with Gasteiger partial charge >= 0.3 is 0 Å². The maximum Gasteiger partial charge on any atom is 0.175 e. The van der Waals surface area contributed by atoms with E-state index in [4.69, 9.17) is 9.47 Å². The molecule has 4 aromatic carbocycles. The zero-order valence-corrected chi connectivity index (χ0v) is 22.9. The molecule has 0 bridgehead atoms. The summed E-state index contributed by atoms with van der Waals surface area (Å²) >= 11 is 0. The van der Waals surface area contributed by atoms with Crippen LogP contribution in [0.25, 0.3) is 21.9 Å². The number of piperidine rings is 1. The molecule has 38 heavy (non-hydrogen) atoms. The summed E-state index contributed by atoms with van der Waals surface area (Å²) in [7, 11) is -1.57. The van der Waals surface area contributed by atoms with Gasteiger partial charge in [-0.05, 0) is 102 Å². The fourth-order valence-electron chi connectivity index (χ4n) is 5.24. The minimum atomic E-state index is -3.25. The summed E-state index contributed by atoms with van der Waals surface area (Å²) in [6, 6.07) is 26.4. The molecule has 1 aliphatic rings. The van der Waals surface area contributed by atoms with E-state index in [1.807, 2.05) is 24.3 Å².